The number of halogens is 2. The lowest BCUT2D eigenvalue weighted by molar-refractivity contribution is 0.600. The molecule has 0 radical (unpaired) electrons. The van der Waals surface area contributed by atoms with Crippen molar-refractivity contribution in [3.63, 3.8) is 0 Å². The van der Waals surface area contributed by atoms with Crippen LogP contribution in [0.4, 0.5) is 15.9 Å². The molecule has 0 saturated heterocycles. The summed E-state index contributed by atoms with van der Waals surface area (Å²) >= 11 is 3.00. The lowest BCUT2D eigenvalue weighted by Crippen LogP contribution is -2.13. The SMILES string of the molecule is CNc1ccc(S(=O)(=O)Nc2ccc(F)c(Br)c2)cn1. The average molecular weight is 360 g/mol. The van der Waals surface area contributed by atoms with Gasteiger partial charge in [0.05, 0.1) is 10.2 Å². The van der Waals surface area contributed by atoms with Gasteiger partial charge < -0.3 is 5.32 Å². The maximum Gasteiger partial charge on any atom is 0.263 e. The van der Waals surface area contributed by atoms with Crippen molar-refractivity contribution in [3.05, 3.63) is 46.8 Å². The molecule has 106 valence electrons. The van der Waals surface area contributed by atoms with Crippen molar-refractivity contribution in [3.8, 4) is 0 Å². The van der Waals surface area contributed by atoms with Gasteiger partial charge in [0, 0.05) is 13.2 Å². The highest BCUT2D eigenvalue weighted by atomic mass is 79.9. The van der Waals surface area contributed by atoms with E-state index in [-0.39, 0.29) is 15.1 Å². The van der Waals surface area contributed by atoms with Crippen molar-refractivity contribution < 1.29 is 12.8 Å². The second kappa shape index (κ2) is 5.76. The van der Waals surface area contributed by atoms with Gasteiger partial charge in [-0.05, 0) is 46.3 Å². The second-order valence-electron chi connectivity index (χ2n) is 3.86. The largest absolute Gasteiger partial charge is 0.373 e. The molecule has 0 aliphatic carbocycles. The molecule has 2 aromatic rings. The van der Waals surface area contributed by atoms with Crippen molar-refractivity contribution in [2.75, 3.05) is 17.1 Å². The standard InChI is InChI=1S/C12H11BrFN3O2S/c1-15-12-5-3-9(7-16-12)20(18,19)17-8-2-4-11(14)10(13)6-8/h2-7,17H,1H3,(H,15,16). The van der Waals surface area contributed by atoms with E-state index in [0.29, 0.717) is 5.82 Å². The molecule has 0 aliphatic rings. The van der Waals surface area contributed by atoms with Gasteiger partial charge in [0.2, 0.25) is 0 Å². The van der Waals surface area contributed by atoms with Crippen LogP contribution in [0.15, 0.2) is 45.9 Å². The van der Waals surface area contributed by atoms with Gasteiger partial charge in [0.25, 0.3) is 10.0 Å². The third-order valence-electron chi connectivity index (χ3n) is 2.47. The first-order chi connectivity index (χ1) is 9.42. The van der Waals surface area contributed by atoms with E-state index in [1.165, 1.54) is 30.5 Å². The molecule has 0 aliphatic heterocycles. The van der Waals surface area contributed by atoms with Crippen molar-refractivity contribution >= 4 is 37.5 Å². The summed E-state index contributed by atoms with van der Waals surface area (Å²) in [5.74, 6) is 0.0986. The Balaban J connectivity index is 2.27. The van der Waals surface area contributed by atoms with Gasteiger partial charge in [0.1, 0.15) is 16.5 Å². The minimum absolute atomic E-state index is 0.0250. The zero-order valence-electron chi connectivity index (χ0n) is 10.4. The molecule has 5 nitrogen and oxygen atoms in total. The Labute approximate surface area is 124 Å². The van der Waals surface area contributed by atoms with Crippen LogP contribution >= 0.6 is 15.9 Å². The number of nitrogens with zero attached hydrogens (tertiary/aromatic N) is 1. The van der Waals surface area contributed by atoms with E-state index in [0.717, 1.165) is 0 Å². The van der Waals surface area contributed by atoms with Crippen LogP contribution in [0.3, 0.4) is 0 Å². The highest BCUT2D eigenvalue weighted by molar-refractivity contribution is 9.10. The fourth-order valence-electron chi connectivity index (χ4n) is 1.46. The maximum absolute atomic E-state index is 13.1. The monoisotopic (exact) mass is 359 g/mol. The van der Waals surface area contributed by atoms with Crippen molar-refractivity contribution in [2.24, 2.45) is 0 Å². The molecule has 1 aromatic heterocycles. The van der Waals surface area contributed by atoms with Crippen LogP contribution in [-0.2, 0) is 10.0 Å². The summed E-state index contributed by atoms with van der Waals surface area (Å²) in [4.78, 5) is 3.96. The molecule has 20 heavy (non-hydrogen) atoms. The summed E-state index contributed by atoms with van der Waals surface area (Å²) in [5.41, 5.74) is 0.260. The number of aromatic nitrogens is 1. The molecule has 0 atom stereocenters. The van der Waals surface area contributed by atoms with Gasteiger partial charge >= 0.3 is 0 Å². The number of sulfonamides is 1. The first-order valence-electron chi connectivity index (χ1n) is 5.54. The lowest BCUT2D eigenvalue weighted by Gasteiger charge is -2.09. The van der Waals surface area contributed by atoms with Crippen molar-refractivity contribution in [1.29, 1.82) is 0 Å². The van der Waals surface area contributed by atoms with E-state index in [4.69, 9.17) is 0 Å². The van der Waals surface area contributed by atoms with Crippen LogP contribution in [0.5, 0.6) is 0 Å². The number of anilines is 2. The topological polar surface area (TPSA) is 71.1 Å². The van der Waals surface area contributed by atoms with Crippen LogP contribution in [-0.4, -0.2) is 20.4 Å². The minimum atomic E-state index is -3.75. The molecule has 1 aromatic carbocycles. The maximum atomic E-state index is 13.1. The van der Waals surface area contributed by atoms with Gasteiger partial charge in [0.15, 0.2) is 0 Å². The van der Waals surface area contributed by atoms with Crippen LogP contribution < -0.4 is 10.0 Å². The number of hydrogen-bond acceptors (Lipinski definition) is 4. The van der Waals surface area contributed by atoms with E-state index < -0.39 is 15.8 Å². The van der Waals surface area contributed by atoms with E-state index in [1.807, 2.05) is 0 Å². The number of hydrogen-bond donors (Lipinski definition) is 2. The normalized spacial score (nSPS) is 11.2. The van der Waals surface area contributed by atoms with E-state index in [2.05, 4.69) is 31.0 Å². The minimum Gasteiger partial charge on any atom is -0.373 e. The van der Waals surface area contributed by atoms with Crippen LogP contribution in [0, 0.1) is 5.82 Å². The number of pyridine rings is 1. The molecule has 0 amide bonds. The summed E-state index contributed by atoms with van der Waals surface area (Å²) in [6.07, 6.45) is 1.24. The molecule has 0 saturated carbocycles. The smallest absolute Gasteiger partial charge is 0.263 e. The van der Waals surface area contributed by atoms with Gasteiger partial charge in [-0.25, -0.2) is 17.8 Å². The fourth-order valence-corrected chi connectivity index (χ4v) is 2.83. The first kappa shape index (κ1) is 14.7. The van der Waals surface area contributed by atoms with Gasteiger partial charge in [-0.3, -0.25) is 4.72 Å². The molecule has 0 fully saturated rings. The van der Waals surface area contributed by atoms with E-state index >= 15 is 0 Å². The van der Waals surface area contributed by atoms with Crippen LogP contribution in [0.25, 0.3) is 0 Å². The second-order valence-corrected chi connectivity index (χ2v) is 6.40. The quantitative estimate of drug-likeness (QED) is 0.880. The van der Waals surface area contributed by atoms with Gasteiger partial charge in [-0.15, -0.1) is 0 Å². The summed E-state index contributed by atoms with van der Waals surface area (Å²) in [6.45, 7) is 0. The molecule has 0 unspecified atom stereocenters. The van der Waals surface area contributed by atoms with Gasteiger partial charge in [-0.2, -0.15) is 0 Å². The highest BCUT2D eigenvalue weighted by Crippen LogP contribution is 2.22. The van der Waals surface area contributed by atoms with E-state index in [1.54, 1.807) is 13.1 Å². The number of nitrogens with one attached hydrogen (secondary N) is 2. The molecule has 2 N–H and O–H groups in total. The first-order valence-corrected chi connectivity index (χ1v) is 7.81. The predicted octanol–water partition coefficient (Wildman–Crippen LogP) is 2.83. The molecule has 0 bridgehead atoms. The third-order valence-corrected chi connectivity index (χ3v) is 4.45. The summed E-state index contributed by atoms with van der Waals surface area (Å²) < 4.78 is 39.9. The summed E-state index contributed by atoms with van der Waals surface area (Å²) in [6, 6.07) is 6.84. The highest BCUT2D eigenvalue weighted by Gasteiger charge is 2.15. The Morgan fingerprint density at radius 1 is 1.25 bits per heavy atom. The lowest BCUT2D eigenvalue weighted by atomic mass is 10.3. The van der Waals surface area contributed by atoms with Crippen LogP contribution in [0.2, 0.25) is 0 Å². The molecular weight excluding hydrogens is 349 g/mol. The molecule has 1 heterocycles. The van der Waals surface area contributed by atoms with Crippen molar-refractivity contribution in [2.45, 2.75) is 4.90 Å². The Morgan fingerprint density at radius 3 is 2.55 bits per heavy atom. The van der Waals surface area contributed by atoms with Crippen molar-refractivity contribution in [1.82, 2.24) is 4.98 Å². The number of benzene rings is 1. The van der Waals surface area contributed by atoms with Crippen LogP contribution in [0.1, 0.15) is 0 Å². The number of rotatable bonds is 4. The molecule has 2 rings (SSSR count). The average Bonchev–Trinajstić information content (AvgIpc) is 2.43. The Hall–Kier alpha value is -1.67. The molecule has 0 spiro atoms. The van der Waals surface area contributed by atoms with E-state index in [9.17, 15) is 12.8 Å². The Kier molecular flexibility index (Phi) is 4.24. The Bertz CT molecular complexity index is 720. The molecular formula is C12H11BrFN3O2S. The zero-order chi connectivity index (χ0) is 14.8. The third kappa shape index (κ3) is 3.26. The molecule has 8 heteroatoms. The Morgan fingerprint density at radius 2 is 2.00 bits per heavy atom. The van der Waals surface area contributed by atoms with Gasteiger partial charge in [-0.1, -0.05) is 0 Å². The fraction of sp³-hybridized carbons (Fsp3) is 0.0833. The predicted molar refractivity (Wildman–Crippen MR) is 78.7 cm³/mol. The summed E-state index contributed by atoms with van der Waals surface area (Å²) in [5, 5.41) is 2.79. The zero-order valence-corrected chi connectivity index (χ0v) is 12.8. The summed E-state index contributed by atoms with van der Waals surface area (Å²) in [7, 11) is -2.07.